The Balaban J connectivity index is 1.13. The topological polar surface area (TPSA) is 128 Å². The third-order valence-corrected chi connectivity index (χ3v) is 9.78. The summed E-state index contributed by atoms with van der Waals surface area (Å²) in [5.74, 6) is -4.38. The van der Waals surface area contributed by atoms with E-state index in [1.54, 1.807) is 29.2 Å². The molecule has 6 rings (SSSR count). The number of carbonyl (C=O) groups is 3. The normalized spacial score (nSPS) is 23.7. The fraction of sp³-hybridized carbons (Fsp3) is 0.333. The molecule has 0 radical (unpaired) electrons. The SMILES string of the molecule is CC(NC(=O)[C@@H]1C[C@]2(C)C[C@@H]2N1C(=O)CNC(=O)c1ccc2c(c1)-c1ccccc1C2(F)F)c1ccc(C(=N)N)s1. The molecule has 3 aromatic rings. The fourth-order valence-electron chi connectivity index (χ4n) is 6.14. The van der Waals surface area contributed by atoms with E-state index < -0.39 is 17.9 Å². The van der Waals surface area contributed by atoms with E-state index in [2.05, 4.69) is 10.6 Å². The summed E-state index contributed by atoms with van der Waals surface area (Å²) in [5, 5.41) is 13.2. The molecule has 1 saturated carbocycles. The van der Waals surface area contributed by atoms with E-state index in [9.17, 15) is 23.2 Å². The first-order valence-corrected chi connectivity index (χ1v) is 14.2. The van der Waals surface area contributed by atoms with Gasteiger partial charge in [-0.3, -0.25) is 19.8 Å². The fourth-order valence-corrected chi connectivity index (χ4v) is 7.01. The average molecular weight is 578 g/mol. The van der Waals surface area contributed by atoms with Crippen LogP contribution in [0.4, 0.5) is 8.78 Å². The van der Waals surface area contributed by atoms with Gasteiger partial charge in [-0.2, -0.15) is 8.78 Å². The van der Waals surface area contributed by atoms with Crippen molar-refractivity contribution in [3.8, 4) is 11.1 Å². The zero-order valence-electron chi connectivity index (χ0n) is 22.5. The first kappa shape index (κ1) is 27.1. The minimum atomic E-state index is -3.14. The van der Waals surface area contributed by atoms with Crippen molar-refractivity contribution in [2.75, 3.05) is 6.54 Å². The quantitative estimate of drug-likeness (QED) is 0.249. The van der Waals surface area contributed by atoms with Gasteiger partial charge in [0.05, 0.1) is 17.5 Å². The van der Waals surface area contributed by atoms with Crippen LogP contribution in [0.15, 0.2) is 54.6 Å². The number of hydrogen-bond donors (Lipinski definition) is 4. The predicted molar refractivity (Wildman–Crippen MR) is 151 cm³/mol. The summed E-state index contributed by atoms with van der Waals surface area (Å²) < 4.78 is 29.8. The summed E-state index contributed by atoms with van der Waals surface area (Å²) in [6.07, 6.45) is 1.31. The molecule has 2 aliphatic carbocycles. The van der Waals surface area contributed by atoms with E-state index in [0.29, 0.717) is 22.4 Å². The van der Waals surface area contributed by atoms with Gasteiger partial charge in [-0.15, -0.1) is 11.3 Å². The van der Waals surface area contributed by atoms with Gasteiger partial charge in [0.25, 0.3) is 11.8 Å². The van der Waals surface area contributed by atoms with Crippen molar-refractivity contribution < 1.29 is 23.2 Å². The first-order chi connectivity index (χ1) is 19.4. The molecule has 1 saturated heterocycles. The summed E-state index contributed by atoms with van der Waals surface area (Å²) in [4.78, 5) is 42.7. The highest BCUT2D eigenvalue weighted by atomic mass is 32.1. The molecule has 0 spiro atoms. The standard InChI is InChI=1S/C30H29F2N5O3S/c1-15(22-9-10-23(41-22)26(33)34)36-28(40)21-12-29(2)13-24(29)37(21)25(38)14-35-27(39)16-7-8-20-18(11-16)17-5-3-4-6-19(17)30(20,31)32/h3-11,15,21,24H,12-14H2,1-2H3,(H3,33,34)(H,35,39)(H,36,40)/t15?,21-,24-,29+/m0/s1. The molecule has 3 aliphatic rings. The number of hydrogen-bond acceptors (Lipinski definition) is 5. The van der Waals surface area contributed by atoms with Crippen LogP contribution in [0.1, 0.15) is 64.0 Å². The smallest absolute Gasteiger partial charge is 0.299 e. The molecule has 8 nitrogen and oxygen atoms in total. The Hall–Kier alpha value is -4.12. The van der Waals surface area contributed by atoms with Gasteiger partial charge in [0.2, 0.25) is 11.8 Å². The van der Waals surface area contributed by atoms with E-state index in [0.717, 1.165) is 11.3 Å². The Morgan fingerprint density at radius 2 is 1.83 bits per heavy atom. The second kappa shape index (κ2) is 9.47. The van der Waals surface area contributed by atoms with Gasteiger partial charge in [0.1, 0.15) is 11.9 Å². The summed E-state index contributed by atoms with van der Waals surface area (Å²) in [6, 6.07) is 12.7. The van der Waals surface area contributed by atoms with Crippen LogP contribution in [0, 0.1) is 10.8 Å². The highest BCUT2D eigenvalue weighted by Gasteiger charge is 2.64. The van der Waals surface area contributed by atoms with Crippen LogP contribution in [0.3, 0.4) is 0 Å². The second-order valence-corrected chi connectivity index (χ2v) is 12.4. The zero-order chi connectivity index (χ0) is 29.3. The lowest BCUT2D eigenvalue weighted by Crippen LogP contribution is -2.51. The number of nitrogens with two attached hydrogens (primary N) is 1. The van der Waals surface area contributed by atoms with Crippen LogP contribution in [-0.2, 0) is 15.5 Å². The van der Waals surface area contributed by atoms with E-state index in [-0.39, 0.29) is 58.4 Å². The average Bonchev–Trinajstić information content (AvgIpc) is 3.26. The third-order valence-electron chi connectivity index (χ3n) is 8.48. The number of alkyl halides is 2. The maximum absolute atomic E-state index is 14.9. The summed E-state index contributed by atoms with van der Waals surface area (Å²) >= 11 is 1.33. The Morgan fingerprint density at radius 3 is 2.56 bits per heavy atom. The molecular weight excluding hydrogens is 548 g/mol. The molecular formula is C30H29F2N5O3S. The number of carbonyl (C=O) groups excluding carboxylic acids is 3. The predicted octanol–water partition coefficient (Wildman–Crippen LogP) is 4.14. The van der Waals surface area contributed by atoms with E-state index in [1.807, 2.05) is 19.9 Å². The maximum atomic E-state index is 14.9. The number of nitrogen functional groups attached to an aromatic ring is 1. The lowest BCUT2D eigenvalue weighted by Gasteiger charge is -2.28. The van der Waals surface area contributed by atoms with Gasteiger partial charge < -0.3 is 21.3 Å². The number of benzene rings is 2. The minimum Gasteiger partial charge on any atom is -0.383 e. The van der Waals surface area contributed by atoms with Crippen LogP contribution in [-0.4, -0.2) is 47.1 Å². The molecule has 212 valence electrons. The molecule has 11 heteroatoms. The number of nitrogens with zero attached hydrogens (tertiary/aromatic N) is 1. The summed E-state index contributed by atoms with van der Waals surface area (Å²) in [7, 11) is 0. The number of fused-ring (bicyclic) bond motifs is 4. The van der Waals surface area contributed by atoms with Crippen molar-refractivity contribution in [1.29, 1.82) is 5.41 Å². The van der Waals surface area contributed by atoms with Crippen LogP contribution in [0.5, 0.6) is 0 Å². The zero-order valence-corrected chi connectivity index (χ0v) is 23.3. The van der Waals surface area contributed by atoms with E-state index >= 15 is 0 Å². The molecule has 1 unspecified atom stereocenters. The number of amides is 3. The van der Waals surface area contributed by atoms with Crippen molar-refractivity contribution in [1.82, 2.24) is 15.5 Å². The molecule has 3 amide bonds. The van der Waals surface area contributed by atoms with Crippen molar-refractivity contribution >= 4 is 34.9 Å². The van der Waals surface area contributed by atoms with Gasteiger partial charge in [0, 0.05) is 27.6 Å². The second-order valence-electron chi connectivity index (χ2n) is 11.3. The summed E-state index contributed by atoms with van der Waals surface area (Å²) in [5.41, 5.74) is 6.01. The van der Waals surface area contributed by atoms with Gasteiger partial charge in [-0.25, -0.2) is 0 Å². The molecule has 41 heavy (non-hydrogen) atoms. The van der Waals surface area contributed by atoms with E-state index in [1.165, 1.54) is 35.6 Å². The van der Waals surface area contributed by atoms with Gasteiger partial charge in [-0.1, -0.05) is 37.3 Å². The molecule has 4 atom stereocenters. The summed E-state index contributed by atoms with van der Waals surface area (Å²) in [6.45, 7) is 3.56. The third kappa shape index (κ3) is 4.48. The highest BCUT2D eigenvalue weighted by Crippen LogP contribution is 2.59. The van der Waals surface area contributed by atoms with Crippen molar-refractivity contribution in [2.24, 2.45) is 11.1 Å². The molecule has 2 fully saturated rings. The number of halogens is 2. The Kier molecular flexibility index (Phi) is 6.25. The van der Waals surface area contributed by atoms with Crippen molar-refractivity contribution in [3.05, 3.63) is 81.0 Å². The highest BCUT2D eigenvalue weighted by molar-refractivity contribution is 7.14. The number of likely N-dealkylation sites (tertiary alicyclic amines) is 1. The van der Waals surface area contributed by atoms with Gasteiger partial charge in [-0.05, 0) is 60.6 Å². The lowest BCUT2D eigenvalue weighted by molar-refractivity contribution is -0.139. The van der Waals surface area contributed by atoms with Gasteiger partial charge >= 0.3 is 0 Å². The maximum Gasteiger partial charge on any atom is 0.299 e. The molecule has 1 aromatic heterocycles. The lowest BCUT2D eigenvalue weighted by atomic mass is 10.0. The molecule has 1 aliphatic heterocycles. The first-order valence-electron chi connectivity index (χ1n) is 13.4. The number of rotatable bonds is 7. The van der Waals surface area contributed by atoms with Crippen LogP contribution < -0.4 is 16.4 Å². The van der Waals surface area contributed by atoms with E-state index in [4.69, 9.17) is 11.1 Å². The number of piperidine rings is 1. The van der Waals surface area contributed by atoms with Crippen LogP contribution in [0.2, 0.25) is 0 Å². The minimum absolute atomic E-state index is 0.0370. The Labute approximate surface area is 239 Å². The molecule has 2 heterocycles. The molecule has 5 N–H and O–H groups in total. The monoisotopic (exact) mass is 577 g/mol. The number of nitrogens with one attached hydrogen (secondary N) is 3. The molecule has 2 aromatic carbocycles. The Bertz CT molecular complexity index is 1620. The largest absolute Gasteiger partial charge is 0.383 e. The number of amidine groups is 1. The Morgan fingerprint density at radius 1 is 1.10 bits per heavy atom. The van der Waals surface area contributed by atoms with Crippen LogP contribution >= 0.6 is 11.3 Å². The van der Waals surface area contributed by atoms with Crippen molar-refractivity contribution in [2.45, 2.75) is 50.7 Å². The van der Waals surface area contributed by atoms with Crippen molar-refractivity contribution in [3.63, 3.8) is 0 Å². The number of thiophene rings is 1. The molecule has 0 bridgehead atoms. The van der Waals surface area contributed by atoms with Gasteiger partial charge in [0.15, 0.2) is 0 Å². The van der Waals surface area contributed by atoms with Crippen LogP contribution in [0.25, 0.3) is 11.1 Å².